The van der Waals surface area contributed by atoms with E-state index in [0.29, 0.717) is 18.5 Å². The number of carbonyl (C=O) groups excluding carboxylic acids is 3. The number of nitrogens with one attached hydrogen (secondary N) is 3. The van der Waals surface area contributed by atoms with Gasteiger partial charge in [0.05, 0.1) is 35.4 Å². The van der Waals surface area contributed by atoms with E-state index >= 15 is 0 Å². The molecule has 10 nitrogen and oxygen atoms in total. The molecule has 2 atom stereocenters. The van der Waals surface area contributed by atoms with Crippen LogP contribution in [0.3, 0.4) is 0 Å². The van der Waals surface area contributed by atoms with E-state index in [2.05, 4.69) is 10.3 Å². The summed E-state index contributed by atoms with van der Waals surface area (Å²) in [4.78, 5) is 52.4. The van der Waals surface area contributed by atoms with Crippen LogP contribution in [0.5, 0.6) is 0 Å². The van der Waals surface area contributed by atoms with Crippen molar-refractivity contribution in [1.29, 1.82) is 0 Å². The Morgan fingerprint density at radius 1 is 1.21 bits per heavy atom. The minimum absolute atomic E-state index is 0.0858. The van der Waals surface area contributed by atoms with Crippen LogP contribution in [0.25, 0.3) is 0 Å². The molecule has 0 bridgehead atoms. The fraction of sp³-hybridized carbons (Fsp3) is 0.471. The van der Waals surface area contributed by atoms with E-state index in [9.17, 15) is 28.0 Å². The maximum atomic E-state index is 12.9. The first-order chi connectivity index (χ1) is 13.8. The quantitative estimate of drug-likeness (QED) is 0.536. The molecule has 0 unspecified atom stereocenters. The zero-order valence-electron chi connectivity index (χ0n) is 15.2. The topological polar surface area (TPSA) is 141 Å². The Labute approximate surface area is 163 Å². The van der Waals surface area contributed by atoms with Crippen molar-refractivity contribution in [3.8, 4) is 0 Å². The number of fused-ring (bicyclic) bond motifs is 1. The van der Waals surface area contributed by atoms with Gasteiger partial charge in [-0.2, -0.15) is 8.78 Å². The number of carbonyl (C=O) groups is 4. The Morgan fingerprint density at radius 3 is 2.62 bits per heavy atom. The number of nitrogens with zero attached hydrogens (tertiary/aromatic N) is 2. The van der Waals surface area contributed by atoms with Gasteiger partial charge in [-0.05, 0) is 18.9 Å². The molecule has 29 heavy (non-hydrogen) atoms. The maximum Gasteiger partial charge on any atom is 0.404 e. The number of pyridine rings is 1. The second kappa shape index (κ2) is 8.37. The van der Waals surface area contributed by atoms with E-state index in [-0.39, 0.29) is 29.6 Å². The minimum atomic E-state index is -3.29. The summed E-state index contributed by atoms with van der Waals surface area (Å²) in [5, 5.41) is 11.5. The Bertz CT molecular complexity index is 850. The Hall–Kier alpha value is -3.31. The highest BCUT2D eigenvalue weighted by molar-refractivity contribution is 6.02. The van der Waals surface area contributed by atoms with Crippen molar-refractivity contribution in [2.75, 3.05) is 0 Å². The molecule has 1 aliphatic carbocycles. The van der Waals surface area contributed by atoms with E-state index in [4.69, 9.17) is 5.11 Å². The van der Waals surface area contributed by atoms with Gasteiger partial charge in [0.25, 0.3) is 11.8 Å². The normalized spacial score (nSPS) is 20.9. The molecular formula is C17H19F2N5O5. The van der Waals surface area contributed by atoms with Crippen LogP contribution in [0.4, 0.5) is 13.6 Å². The monoisotopic (exact) mass is 411 g/mol. The summed E-state index contributed by atoms with van der Waals surface area (Å²) in [6.07, 6.45) is -0.315. The largest absolute Gasteiger partial charge is 0.465 e. The summed E-state index contributed by atoms with van der Waals surface area (Å²) in [5.41, 5.74) is 3.92. The Kier molecular flexibility index (Phi) is 5.89. The second-order valence-corrected chi connectivity index (χ2v) is 6.80. The van der Waals surface area contributed by atoms with Crippen LogP contribution in [0, 0.1) is 0 Å². The average Bonchev–Trinajstić information content (AvgIpc) is 3.01. The molecule has 156 valence electrons. The minimum Gasteiger partial charge on any atom is -0.465 e. The van der Waals surface area contributed by atoms with Crippen LogP contribution in [0.1, 0.15) is 52.1 Å². The fourth-order valence-electron chi connectivity index (χ4n) is 3.64. The number of hydrazine groups is 1. The SMILES string of the molecule is O=C(O)N[C@@H]1CCCC[C@H]1N1Cc2ncc(C(=O)NNC(=O)C(F)F)cc2C1=O. The lowest BCUT2D eigenvalue weighted by atomic mass is 9.89. The second-order valence-electron chi connectivity index (χ2n) is 6.80. The summed E-state index contributed by atoms with van der Waals surface area (Å²) in [5.74, 6) is -2.95. The number of rotatable bonds is 4. The first-order valence-corrected chi connectivity index (χ1v) is 8.95. The van der Waals surface area contributed by atoms with Gasteiger partial charge >= 0.3 is 18.4 Å². The molecule has 4 N–H and O–H groups in total. The standard InChI is InChI=1S/C17H19F2N5O5/c18-13(19)15(26)23-22-14(25)8-5-9-11(20-6-8)7-24(16(9)27)12-4-2-1-3-10(12)21-17(28)29/h5-6,10,12-13,21H,1-4,7H2,(H,22,25)(H,23,26)(H,28,29)/t10-,12-/m1/s1. The maximum absolute atomic E-state index is 12.9. The lowest BCUT2D eigenvalue weighted by molar-refractivity contribution is -0.132. The molecule has 1 aromatic heterocycles. The third-order valence-corrected chi connectivity index (χ3v) is 4.98. The van der Waals surface area contributed by atoms with Gasteiger partial charge in [0.1, 0.15) is 0 Å². The third kappa shape index (κ3) is 4.41. The summed E-state index contributed by atoms with van der Waals surface area (Å²) in [7, 11) is 0. The van der Waals surface area contributed by atoms with Gasteiger partial charge in [-0.3, -0.25) is 30.2 Å². The summed E-state index contributed by atoms with van der Waals surface area (Å²) >= 11 is 0. The molecular weight excluding hydrogens is 392 g/mol. The van der Waals surface area contributed by atoms with Gasteiger partial charge in [-0.25, -0.2) is 4.79 Å². The van der Waals surface area contributed by atoms with Crippen LogP contribution in [0.15, 0.2) is 12.3 Å². The Balaban J connectivity index is 1.73. The highest BCUT2D eigenvalue weighted by atomic mass is 19.3. The van der Waals surface area contributed by atoms with Crippen LogP contribution in [-0.4, -0.2) is 57.3 Å². The van der Waals surface area contributed by atoms with Gasteiger partial charge in [-0.15, -0.1) is 0 Å². The smallest absolute Gasteiger partial charge is 0.404 e. The van der Waals surface area contributed by atoms with Crippen molar-refractivity contribution in [2.24, 2.45) is 0 Å². The average molecular weight is 411 g/mol. The van der Waals surface area contributed by atoms with E-state index in [1.807, 2.05) is 5.43 Å². The predicted molar refractivity (Wildman–Crippen MR) is 92.9 cm³/mol. The van der Waals surface area contributed by atoms with Gasteiger partial charge in [-0.1, -0.05) is 12.8 Å². The molecule has 0 radical (unpaired) electrons. The molecule has 2 aliphatic rings. The van der Waals surface area contributed by atoms with Crippen molar-refractivity contribution in [1.82, 2.24) is 26.1 Å². The van der Waals surface area contributed by atoms with Crippen molar-refractivity contribution < 1.29 is 33.1 Å². The fourth-order valence-corrected chi connectivity index (χ4v) is 3.64. The molecule has 1 aliphatic heterocycles. The molecule has 0 aromatic carbocycles. The van der Waals surface area contributed by atoms with Crippen LogP contribution in [-0.2, 0) is 11.3 Å². The van der Waals surface area contributed by atoms with E-state index < -0.39 is 30.4 Å². The molecule has 1 aromatic rings. The molecule has 3 rings (SSSR count). The molecule has 1 saturated carbocycles. The van der Waals surface area contributed by atoms with Gasteiger partial charge < -0.3 is 15.3 Å². The molecule has 4 amide bonds. The van der Waals surface area contributed by atoms with Crippen LogP contribution < -0.4 is 16.2 Å². The van der Waals surface area contributed by atoms with E-state index in [0.717, 1.165) is 12.8 Å². The van der Waals surface area contributed by atoms with Crippen molar-refractivity contribution in [2.45, 2.75) is 50.7 Å². The van der Waals surface area contributed by atoms with Gasteiger partial charge in [0.15, 0.2) is 0 Å². The number of amides is 4. The van der Waals surface area contributed by atoms with Gasteiger partial charge in [0, 0.05) is 6.20 Å². The number of hydrogen-bond donors (Lipinski definition) is 4. The molecule has 0 spiro atoms. The number of hydrogen-bond acceptors (Lipinski definition) is 5. The summed E-state index contributed by atoms with van der Waals surface area (Å²) in [6, 6.07) is 0.549. The number of carboxylic acid groups (broad SMARTS) is 1. The van der Waals surface area contributed by atoms with E-state index in [1.54, 1.807) is 5.43 Å². The van der Waals surface area contributed by atoms with E-state index in [1.165, 1.54) is 17.2 Å². The number of aromatic nitrogens is 1. The lowest BCUT2D eigenvalue weighted by Crippen LogP contribution is -2.53. The first kappa shape index (κ1) is 20.4. The predicted octanol–water partition coefficient (Wildman–Crippen LogP) is 0.642. The molecule has 12 heteroatoms. The van der Waals surface area contributed by atoms with Crippen molar-refractivity contribution >= 4 is 23.8 Å². The van der Waals surface area contributed by atoms with Crippen molar-refractivity contribution in [3.63, 3.8) is 0 Å². The molecule has 0 saturated heterocycles. The highest BCUT2D eigenvalue weighted by Crippen LogP contribution is 2.30. The summed E-state index contributed by atoms with van der Waals surface area (Å²) in [6.45, 7) is 0.181. The lowest BCUT2D eigenvalue weighted by Gasteiger charge is -2.37. The zero-order chi connectivity index (χ0) is 21.1. The Morgan fingerprint density at radius 2 is 1.93 bits per heavy atom. The zero-order valence-corrected chi connectivity index (χ0v) is 15.2. The van der Waals surface area contributed by atoms with Gasteiger partial charge in [0.2, 0.25) is 0 Å². The molecule has 1 fully saturated rings. The number of halogens is 2. The highest BCUT2D eigenvalue weighted by Gasteiger charge is 2.39. The summed E-state index contributed by atoms with van der Waals surface area (Å²) < 4.78 is 24.4. The molecule has 2 heterocycles. The number of alkyl halides is 2. The van der Waals surface area contributed by atoms with Crippen LogP contribution >= 0.6 is 0 Å². The first-order valence-electron chi connectivity index (χ1n) is 8.95. The third-order valence-electron chi connectivity index (χ3n) is 4.98. The van der Waals surface area contributed by atoms with Crippen LogP contribution in [0.2, 0.25) is 0 Å². The van der Waals surface area contributed by atoms with Crippen molar-refractivity contribution in [3.05, 3.63) is 29.1 Å².